The van der Waals surface area contributed by atoms with Crippen LogP contribution in [0.15, 0.2) is 48.5 Å². The smallest absolute Gasteiger partial charge is 0.124 e. The molecule has 150 valence electrons. The van der Waals surface area contributed by atoms with E-state index in [4.69, 9.17) is 26.1 Å². The average Bonchev–Trinajstić information content (AvgIpc) is 3.03. The Morgan fingerprint density at radius 2 is 1.86 bits per heavy atom. The molecule has 0 amide bonds. The van der Waals surface area contributed by atoms with E-state index >= 15 is 0 Å². The van der Waals surface area contributed by atoms with Gasteiger partial charge >= 0.3 is 0 Å². The second kappa shape index (κ2) is 10.5. The maximum Gasteiger partial charge on any atom is 0.124 e. The van der Waals surface area contributed by atoms with Gasteiger partial charge in [0.2, 0.25) is 0 Å². The summed E-state index contributed by atoms with van der Waals surface area (Å²) in [4.78, 5) is 7.19. The van der Waals surface area contributed by atoms with Gasteiger partial charge in [-0.05, 0) is 36.8 Å². The molecular weight excluding hydrogens is 374 g/mol. The van der Waals surface area contributed by atoms with E-state index in [1.54, 1.807) is 7.11 Å². The molecule has 0 aliphatic heterocycles. The first-order chi connectivity index (χ1) is 13.7. The largest absolute Gasteiger partial charge is 0.492 e. The van der Waals surface area contributed by atoms with Crippen molar-refractivity contribution in [3.8, 4) is 5.75 Å². The fraction of sp³-hybridized carbons (Fsp3) is 0.409. The van der Waals surface area contributed by atoms with Gasteiger partial charge in [-0.2, -0.15) is 0 Å². The van der Waals surface area contributed by atoms with Crippen LogP contribution >= 0.6 is 11.6 Å². The number of hydrogen-bond acceptors (Lipinski definition) is 4. The second-order valence-corrected chi connectivity index (χ2v) is 7.18. The standard InChI is InChI=1S/C22H28ClN3O2/c1-3-11-26-21-16-18(23)9-10-20(21)24-22(26)17-25(12-14-27-2)13-15-28-19-7-5-4-6-8-19/h4-10,16H,3,11-15,17H2,1-2H3. The summed E-state index contributed by atoms with van der Waals surface area (Å²) in [6.45, 7) is 6.76. The fourth-order valence-corrected chi connectivity index (χ4v) is 3.41. The SMILES string of the molecule is CCCn1c(CN(CCOC)CCOc2ccccc2)nc2ccc(Cl)cc21. The molecule has 1 aromatic heterocycles. The van der Waals surface area contributed by atoms with Crippen molar-refractivity contribution in [3.63, 3.8) is 0 Å². The molecule has 0 radical (unpaired) electrons. The van der Waals surface area contributed by atoms with E-state index in [1.807, 2.05) is 48.5 Å². The molecule has 0 spiro atoms. The minimum absolute atomic E-state index is 0.619. The first kappa shape index (κ1) is 20.6. The number of para-hydroxylation sites is 1. The topological polar surface area (TPSA) is 39.5 Å². The summed E-state index contributed by atoms with van der Waals surface area (Å²) in [6, 6.07) is 15.8. The molecule has 0 N–H and O–H groups in total. The van der Waals surface area contributed by atoms with Crippen molar-refractivity contribution in [1.29, 1.82) is 0 Å². The monoisotopic (exact) mass is 401 g/mol. The molecule has 28 heavy (non-hydrogen) atoms. The average molecular weight is 402 g/mol. The molecular formula is C22H28ClN3O2. The van der Waals surface area contributed by atoms with Crippen LogP contribution < -0.4 is 4.74 Å². The van der Waals surface area contributed by atoms with Gasteiger partial charge in [0.15, 0.2) is 0 Å². The zero-order chi connectivity index (χ0) is 19.8. The summed E-state index contributed by atoms with van der Waals surface area (Å²) in [5.41, 5.74) is 2.08. The van der Waals surface area contributed by atoms with Gasteiger partial charge in [0.25, 0.3) is 0 Å². The van der Waals surface area contributed by atoms with Crippen LogP contribution in [0.3, 0.4) is 0 Å². The summed E-state index contributed by atoms with van der Waals surface area (Å²) >= 11 is 6.22. The van der Waals surface area contributed by atoms with Crippen molar-refractivity contribution in [2.75, 3.05) is 33.4 Å². The van der Waals surface area contributed by atoms with Crippen molar-refractivity contribution in [3.05, 3.63) is 59.4 Å². The highest BCUT2D eigenvalue weighted by Gasteiger charge is 2.15. The summed E-state index contributed by atoms with van der Waals surface area (Å²) in [7, 11) is 1.73. The number of aryl methyl sites for hydroxylation is 1. The minimum Gasteiger partial charge on any atom is -0.492 e. The molecule has 0 saturated carbocycles. The Balaban J connectivity index is 1.73. The van der Waals surface area contributed by atoms with Crippen LogP contribution in [0.25, 0.3) is 11.0 Å². The highest BCUT2D eigenvalue weighted by Crippen LogP contribution is 2.22. The lowest BCUT2D eigenvalue weighted by molar-refractivity contribution is 0.128. The van der Waals surface area contributed by atoms with Gasteiger partial charge in [0.05, 0.1) is 24.2 Å². The number of methoxy groups -OCH3 is 1. The predicted octanol–water partition coefficient (Wildman–Crippen LogP) is 4.63. The summed E-state index contributed by atoms with van der Waals surface area (Å²) in [6.07, 6.45) is 1.04. The van der Waals surface area contributed by atoms with Gasteiger partial charge in [0.1, 0.15) is 18.2 Å². The van der Waals surface area contributed by atoms with Gasteiger partial charge < -0.3 is 14.0 Å². The lowest BCUT2D eigenvalue weighted by Crippen LogP contribution is -2.32. The number of fused-ring (bicyclic) bond motifs is 1. The maximum atomic E-state index is 6.22. The van der Waals surface area contributed by atoms with Crippen molar-refractivity contribution in [1.82, 2.24) is 14.5 Å². The summed E-state index contributed by atoms with van der Waals surface area (Å²) < 4.78 is 13.5. The number of ether oxygens (including phenoxy) is 2. The van der Waals surface area contributed by atoms with Crippen LogP contribution in [0.5, 0.6) is 5.75 Å². The minimum atomic E-state index is 0.619. The van der Waals surface area contributed by atoms with Crippen LogP contribution in [0, 0.1) is 0 Å². The summed E-state index contributed by atoms with van der Waals surface area (Å²) in [5.74, 6) is 1.94. The highest BCUT2D eigenvalue weighted by atomic mass is 35.5. The predicted molar refractivity (Wildman–Crippen MR) is 114 cm³/mol. The van der Waals surface area contributed by atoms with E-state index in [0.29, 0.717) is 13.2 Å². The van der Waals surface area contributed by atoms with E-state index in [9.17, 15) is 0 Å². The zero-order valence-corrected chi connectivity index (χ0v) is 17.4. The lowest BCUT2D eigenvalue weighted by Gasteiger charge is -2.22. The number of benzene rings is 2. The van der Waals surface area contributed by atoms with Crippen LogP contribution in [0.2, 0.25) is 5.02 Å². The van der Waals surface area contributed by atoms with E-state index in [1.165, 1.54) is 0 Å². The van der Waals surface area contributed by atoms with Gasteiger partial charge in [-0.25, -0.2) is 4.98 Å². The van der Waals surface area contributed by atoms with Crippen LogP contribution in [-0.2, 0) is 17.8 Å². The molecule has 0 aliphatic rings. The van der Waals surface area contributed by atoms with Crippen molar-refractivity contribution < 1.29 is 9.47 Å². The van der Waals surface area contributed by atoms with E-state index in [0.717, 1.165) is 60.2 Å². The van der Waals surface area contributed by atoms with Gasteiger partial charge in [-0.3, -0.25) is 4.90 Å². The van der Waals surface area contributed by atoms with E-state index < -0.39 is 0 Å². The molecule has 0 saturated heterocycles. The van der Waals surface area contributed by atoms with Crippen LogP contribution in [-0.4, -0.2) is 47.9 Å². The number of imidazole rings is 1. The first-order valence-electron chi connectivity index (χ1n) is 9.75. The molecule has 0 aliphatic carbocycles. The van der Waals surface area contributed by atoms with E-state index in [-0.39, 0.29) is 0 Å². The molecule has 3 rings (SSSR count). The molecule has 0 unspecified atom stereocenters. The Hall–Kier alpha value is -2.08. The van der Waals surface area contributed by atoms with E-state index in [2.05, 4.69) is 16.4 Å². The number of rotatable bonds is 11. The second-order valence-electron chi connectivity index (χ2n) is 6.74. The quantitative estimate of drug-likeness (QED) is 0.469. The molecule has 3 aromatic rings. The molecule has 6 heteroatoms. The first-order valence-corrected chi connectivity index (χ1v) is 10.1. The molecule has 2 aromatic carbocycles. The molecule has 5 nitrogen and oxygen atoms in total. The number of nitrogens with zero attached hydrogens (tertiary/aromatic N) is 3. The Bertz CT molecular complexity index is 867. The molecule has 0 atom stereocenters. The maximum absolute atomic E-state index is 6.22. The molecule has 0 fully saturated rings. The molecule has 0 bridgehead atoms. The molecule has 1 heterocycles. The Morgan fingerprint density at radius 3 is 2.61 bits per heavy atom. The Labute approximate surface area is 171 Å². The number of aromatic nitrogens is 2. The van der Waals surface area contributed by atoms with Gasteiger partial charge in [-0.15, -0.1) is 0 Å². The van der Waals surface area contributed by atoms with Crippen molar-refractivity contribution in [2.45, 2.75) is 26.4 Å². The van der Waals surface area contributed by atoms with Crippen LogP contribution in [0.1, 0.15) is 19.2 Å². The van der Waals surface area contributed by atoms with Gasteiger partial charge in [0, 0.05) is 31.8 Å². The normalized spacial score (nSPS) is 11.4. The van der Waals surface area contributed by atoms with Gasteiger partial charge in [-0.1, -0.05) is 36.7 Å². The number of halogens is 1. The van der Waals surface area contributed by atoms with Crippen molar-refractivity contribution in [2.24, 2.45) is 0 Å². The van der Waals surface area contributed by atoms with Crippen LogP contribution in [0.4, 0.5) is 0 Å². The Morgan fingerprint density at radius 1 is 1.07 bits per heavy atom. The third-order valence-electron chi connectivity index (χ3n) is 4.63. The fourth-order valence-electron chi connectivity index (χ4n) is 3.24. The third-order valence-corrected chi connectivity index (χ3v) is 4.87. The highest BCUT2D eigenvalue weighted by molar-refractivity contribution is 6.31. The summed E-state index contributed by atoms with van der Waals surface area (Å²) in [5, 5.41) is 0.740. The Kier molecular flexibility index (Phi) is 7.71. The third kappa shape index (κ3) is 5.47. The zero-order valence-electron chi connectivity index (χ0n) is 16.6. The number of hydrogen-bond donors (Lipinski definition) is 0. The lowest BCUT2D eigenvalue weighted by atomic mass is 10.3. The van der Waals surface area contributed by atoms with Crippen molar-refractivity contribution >= 4 is 22.6 Å².